The number of amides is 1. The highest BCUT2D eigenvalue weighted by Gasteiger charge is 2.59. The Morgan fingerprint density at radius 2 is 1.83 bits per heavy atom. The number of halogens is 2. The van der Waals surface area contributed by atoms with Crippen LogP contribution in [0.15, 0.2) is 20.0 Å². The summed E-state index contributed by atoms with van der Waals surface area (Å²) in [6, 6.07) is 4.53. The van der Waals surface area contributed by atoms with E-state index in [1.807, 2.05) is 6.07 Å². The Hall–Kier alpha value is -1.33. The van der Waals surface area contributed by atoms with Gasteiger partial charge >= 0.3 is 6.09 Å². The van der Waals surface area contributed by atoms with Gasteiger partial charge in [-0.3, -0.25) is 10.3 Å². The molecule has 3 rings (SSSR count). The van der Waals surface area contributed by atoms with E-state index >= 15 is 4.39 Å². The molecule has 0 aliphatic carbocycles. The minimum absolute atomic E-state index is 0.160. The SMILES string of the molecule is CC[Si](CC)(CC)c1cc(Br)nc([C@@]2(C)N=C(NC(=O)OC(C)(C)C)C(C)(C)[S@]3(=O)=NCC[C@H]23)c1F. The molecule has 1 aromatic rings. The Labute approximate surface area is 224 Å². The average molecular weight is 604 g/mol. The lowest BCUT2D eigenvalue weighted by Gasteiger charge is -2.45. The van der Waals surface area contributed by atoms with Gasteiger partial charge in [-0.15, -0.1) is 0 Å². The zero-order valence-electron chi connectivity index (χ0n) is 22.9. The molecular formula is C25H40BrFN4O3SSi. The molecule has 3 heterocycles. The Balaban J connectivity index is 2.29. The lowest BCUT2D eigenvalue weighted by atomic mass is 9.89. The van der Waals surface area contributed by atoms with Crippen molar-refractivity contribution in [1.82, 2.24) is 10.3 Å². The third-order valence-corrected chi connectivity index (χ3v) is 17.6. The minimum atomic E-state index is -2.95. The van der Waals surface area contributed by atoms with Crippen LogP contribution in [0.5, 0.6) is 0 Å². The molecule has 0 radical (unpaired) electrons. The summed E-state index contributed by atoms with van der Waals surface area (Å²) < 4.78 is 40.6. The highest BCUT2D eigenvalue weighted by molar-refractivity contribution is 9.10. The summed E-state index contributed by atoms with van der Waals surface area (Å²) in [5.74, 6) is -0.189. The molecule has 1 N–H and O–H groups in total. The van der Waals surface area contributed by atoms with Crippen molar-refractivity contribution in [3.05, 3.63) is 22.2 Å². The van der Waals surface area contributed by atoms with Crippen LogP contribution in [0.3, 0.4) is 0 Å². The number of amidine groups is 1. The van der Waals surface area contributed by atoms with E-state index in [0.717, 1.165) is 23.3 Å². The molecular weight excluding hydrogens is 563 g/mol. The van der Waals surface area contributed by atoms with E-state index in [1.165, 1.54) is 0 Å². The molecule has 7 nitrogen and oxygen atoms in total. The Morgan fingerprint density at radius 3 is 2.36 bits per heavy atom. The van der Waals surface area contributed by atoms with Crippen LogP contribution < -0.4 is 10.5 Å². The largest absolute Gasteiger partial charge is 0.444 e. The zero-order valence-corrected chi connectivity index (χ0v) is 26.3. The maximum atomic E-state index is 16.6. The number of nitrogens with zero attached hydrogens (tertiary/aromatic N) is 3. The molecule has 202 valence electrons. The molecule has 0 aromatic carbocycles. The minimum Gasteiger partial charge on any atom is -0.444 e. The molecule has 11 heteroatoms. The first-order chi connectivity index (χ1) is 16.5. The lowest BCUT2D eigenvalue weighted by Crippen LogP contribution is -2.61. The molecule has 3 atom stereocenters. The molecule has 2 aliphatic rings. The van der Waals surface area contributed by atoms with Crippen LogP contribution in [0.4, 0.5) is 9.18 Å². The fourth-order valence-electron chi connectivity index (χ4n) is 5.57. The quantitative estimate of drug-likeness (QED) is 0.337. The highest BCUT2D eigenvalue weighted by Crippen LogP contribution is 2.48. The first-order valence-electron chi connectivity index (χ1n) is 12.7. The first kappa shape index (κ1) is 29.2. The van der Waals surface area contributed by atoms with E-state index in [4.69, 9.17) is 9.73 Å². The van der Waals surface area contributed by atoms with Crippen molar-refractivity contribution in [3.63, 3.8) is 0 Å². The number of alkyl carbamates (subject to hydrolysis) is 1. The van der Waals surface area contributed by atoms with Crippen molar-refractivity contribution in [2.45, 2.75) is 108 Å². The van der Waals surface area contributed by atoms with Gasteiger partial charge in [0, 0.05) is 6.54 Å². The molecule has 2 aliphatic heterocycles. The maximum Gasteiger partial charge on any atom is 0.413 e. The van der Waals surface area contributed by atoms with Crippen molar-refractivity contribution < 1.29 is 18.1 Å². The fraction of sp³-hybridized carbons (Fsp3) is 0.720. The van der Waals surface area contributed by atoms with E-state index in [9.17, 15) is 9.00 Å². The van der Waals surface area contributed by atoms with Crippen LogP contribution in [0.2, 0.25) is 18.1 Å². The number of aliphatic imine (C=N–C) groups is 1. The van der Waals surface area contributed by atoms with Gasteiger partial charge < -0.3 is 4.74 Å². The standard InChI is InChI=1S/C25H40BrFN4O3SSi/c1-10-36(11-2,12-3)16-15-18(26)29-20(19(16)27)25(9)17-13-14-28-35(17,33)24(7,8)21(31-25)30-22(32)34-23(4,5)6/h15,17H,10-14H2,1-9H3,(H,30,31,32)/t17-,25+,35+/m1/s1. The zero-order chi connectivity index (χ0) is 27.3. The van der Waals surface area contributed by atoms with Crippen LogP contribution >= 0.6 is 15.9 Å². The van der Waals surface area contributed by atoms with Crippen molar-refractivity contribution in [1.29, 1.82) is 0 Å². The summed E-state index contributed by atoms with van der Waals surface area (Å²) in [6.07, 6.45) is -0.197. The van der Waals surface area contributed by atoms with Crippen molar-refractivity contribution in [2.75, 3.05) is 6.54 Å². The summed E-state index contributed by atoms with van der Waals surface area (Å²) in [5, 5.41) is 2.91. The van der Waals surface area contributed by atoms with Crippen LogP contribution in [0, 0.1) is 5.82 Å². The Kier molecular flexibility index (Phi) is 7.92. The van der Waals surface area contributed by atoms with Crippen LogP contribution in [0.1, 0.15) is 74.4 Å². The summed E-state index contributed by atoms with van der Waals surface area (Å²) in [4.78, 5) is 22.3. The second kappa shape index (κ2) is 9.76. The molecule has 1 amide bonds. The molecule has 0 unspecified atom stereocenters. The lowest BCUT2D eigenvalue weighted by molar-refractivity contribution is 0.0560. The summed E-state index contributed by atoms with van der Waals surface area (Å²) in [6.45, 7) is 17.4. The molecule has 0 saturated heterocycles. The van der Waals surface area contributed by atoms with Gasteiger partial charge in [-0.1, -0.05) is 38.9 Å². The maximum absolute atomic E-state index is 16.6. The van der Waals surface area contributed by atoms with Gasteiger partial charge in [0.15, 0.2) is 0 Å². The fourth-order valence-corrected chi connectivity index (χ4v) is 13.0. The Morgan fingerprint density at radius 1 is 1.25 bits per heavy atom. The third-order valence-electron chi connectivity index (χ3n) is 7.96. The predicted molar refractivity (Wildman–Crippen MR) is 151 cm³/mol. The van der Waals surface area contributed by atoms with Crippen molar-refractivity contribution in [2.24, 2.45) is 9.36 Å². The van der Waals surface area contributed by atoms with Gasteiger partial charge in [0.05, 0.1) is 23.1 Å². The van der Waals surface area contributed by atoms with Gasteiger partial charge in [-0.25, -0.2) is 22.7 Å². The number of nitrogens with one attached hydrogen (secondary N) is 1. The van der Waals surface area contributed by atoms with Crippen LogP contribution in [-0.4, -0.2) is 51.3 Å². The second-order valence-corrected chi connectivity index (χ2v) is 20.5. The van der Waals surface area contributed by atoms with Crippen LogP contribution in [-0.2, 0) is 20.0 Å². The molecule has 1 aromatic heterocycles. The first-order valence-corrected chi connectivity index (χ1v) is 17.7. The monoisotopic (exact) mass is 602 g/mol. The van der Waals surface area contributed by atoms with Crippen molar-refractivity contribution in [3.8, 4) is 0 Å². The third kappa shape index (κ3) is 4.68. The van der Waals surface area contributed by atoms with Crippen LogP contribution in [0.25, 0.3) is 0 Å². The second-order valence-electron chi connectivity index (χ2n) is 11.4. The van der Waals surface area contributed by atoms with E-state index in [0.29, 0.717) is 17.6 Å². The number of hydrogen-bond donors (Lipinski definition) is 1. The number of rotatable bonds is 5. The molecule has 0 saturated carbocycles. The molecule has 36 heavy (non-hydrogen) atoms. The normalized spacial score (nSPS) is 27.6. The number of fused-ring (bicyclic) bond motifs is 1. The molecule has 0 bridgehead atoms. The predicted octanol–water partition coefficient (Wildman–Crippen LogP) is 5.87. The van der Waals surface area contributed by atoms with Gasteiger partial charge in [0.25, 0.3) is 0 Å². The number of hydrogen-bond acceptors (Lipinski definition) is 6. The number of aromatic nitrogens is 1. The van der Waals surface area contributed by atoms with E-state index < -0.39 is 45.0 Å². The number of pyridine rings is 1. The molecule has 0 fully saturated rings. The van der Waals surface area contributed by atoms with Gasteiger partial charge in [-0.2, -0.15) is 0 Å². The van der Waals surface area contributed by atoms with E-state index in [1.54, 1.807) is 41.5 Å². The van der Waals surface area contributed by atoms with Gasteiger partial charge in [0.2, 0.25) is 0 Å². The summed E-state index contributed by atoms with van der Waals surface area (Å²) >= 11 is 3.53. The number of carbonyl (C=O) groups excluding carboxylic acids is 1. The smallest absolute Gasteiger partial charge is 0.413 e. The molecule has 0 spiro atoms. The van der Waals surface area contributed by atoms with Crippen molar-refractivity contribution >= 4 is 50.8 Å². The summed E-state index contributed by atoms with van der Waals surface area (Å²) in [7, 11) is -5.08. The highest BCUT2D eigenvalue weighted by atomic mass is 79.9. The number of carbonyl (C=O) groups is 1. The topological polar surface area (TPSA) is 93.0 Å². The van der Waals surface area contributed by atoms with E-state index in [2.05, 4.69) is 51.4 Å². The number of ether oxygens (including phenoxy) is 1. The van der Waals surface area contributed by atoms with Gasteiger partial charge in [-0.05, 0) is 75.1 Å². The van der Waals surface area contributed by atoms with E-state index in [-0.39, 0.29) is 17.3 Å². The van der Waals surface area contributed by atoms with Gasteiger partial charge in [0.1, 0.15) is 37.8 Å². The Bertz CT molecular complexity index is 1190. The average Bonchev–Trinajstić information content (AvgIpc) is 3.19. The summed E-state index contributed by atoms with van der Waals surface area (Å²) in [5.41, 5.74) is -1.85.